The molecule has 2 aromatic carbocycles. The summed E-state index contributed by atoms with van der Waals surface area (Å²) in [6.45, 7) is 4.01. The van der Waals surface area contributed by atoms with Gasteiger partial charge in [0.2, 0.25) is 0 Å². The van der Waals surface area contributed by atoms with Gasteiger partial charge in [0.05, 0.1) is 5.56 Å². The molecule has 0 fully saturated rings. The Hall–Kier alpha value is -1.75. The van der Waals surface area contributed by atoms with Crippen LogP contribution < -0.4 is 4.74 Å². The van der Waals surface area contributed by atoms with Crippen molar-refractivity contribution in [3.8, 4) is 5.75 Å². The Morgan fingerprint density at radius 2 is 1.81 bits per heavy atom. The van der Waals surface area contributed by atoms with E-state index in [1.807, 2.05) is 24.3 Å². The van der Waals surface area contributed by atoms with Crippen molar-refractivity contribution in [1.29, 1.82) is 0 Å². The molecule has 5 heteroatoms. The molecule has 1 nitrogen and oxygen atoms in total. The lowest BCUT2D eigenvalue weighted by Gasteiger charge is -2.11. The first kappa shape index (κ1) is 15.6. The maximum atomic E-state index is 12.6. The minimum absolute atomic E-state index is 0.123. The molecule has 2 rings (SSSR count). The van der Waals surface area contributed by atoms with E-state index in [4.69, 9.17) is 4.74 Å². The molecule has 0 aliphatic heterocycles. The number of hydrogen-bond acceptors (Lipinski definition) is 1. The molecule has 0 aliphatic rings. The second-order valence-electron chi connectivity index (χ2n) is 4.43. The Bertz CT molecular complexity index is 650. The number of hydrogen-bond donors (Lipinski definition) is 0. The lowest BCUT2D eigenvalue weighted by Crippen LogP contribution is -2.06. The molecular weight excluding hydrogens is 345 g/mol. The van der Waals surface area contributed by atoms with Gasteiger partial charge in [0, 0.05) is 4.47 Å². The number of halogens is 4. The highest BCUT2D eigenvalue weighted by Crippen LogP contribution is 2.31. The summed E-state index contributed by atoms with van der Waals surface area (Å²) in [6, 6.07) is 12.3. The van der Waals surface area contributed by atoms with Gasteiger partial charge in [-0.15, -0.1) is 0 Å². The van der Waals surface area contributed by atoms with E-state index in [2.05, 4.69) is 22.5 Å². The Balaban J connectivity index is 2.05. The molecule has 110 valence electrons. The Kier molecular flexibility index (Phi) is 4.73. The van der Waals surface area contributed by atoms with Crippen molar-refractivity contribution in [2.24, 2.45) is 0 Å². The highest BCUT2D eigenvalue weighted by Gasteiger charge is 2.30. The highest BCUT2D eigenvalue weighted by atomic mass is 79.9. The topological polar surface area (TPSA) is 9.23 Å². The summed E-state index contributed by atoms with van der Waals surface area (Å²) >= 11 is 3.35. The Labute approximate surface area is 129 Å². The average molecular weight is 357 g/mol. The van der Waals surface area contributed by atoms with Crippen molar-refractivity contribution in [1.82, 2.24) is 0 Å². The number of alkyl halides is 3. The summed E-state index contributed by atoms with van der Waals surface area (Å²) in [6.07, 6.45) is -4.37. The second-order valence-corrected chi connectivity index (χ2v) is 5.34. The van der Waals surface area contributed by atoms with Crippen LogP contribution in [-0.2, 0) is 6.18 Å². The van der Waals surface area contributed by atoms with Crippen molar-refractivity contribution < 1.29 is 17.9 Å². The third kappa shape index (κ3) is 4.36. The van der Waals surface area contributed by atoms with E-state index in [0.717, 1.165) is 22.2 Å². The van der Waals surface area contributed by atoms with Crippen molar-refractivity contribution >= 4 is 21.5 Å². The normalized spacial score (nSPS) is 11.2. The summed E-state index contributed by atoms with van der Waals surface area (Å²) in [5, 5.41) is 0. The van der Waals surface area contributed by atoms with Gasteiger partial charge in [-0.1, -0.05) is 40.7 Å². The fourth-order valence-electron chi connectivity index (χ4n) is 1.72. The number of ether oxygens (including phenoxy) is 1. The average Bonchev–Trinajstić information content (AvgIpc) is 2.44. The Morgan fingerprint density at radius 1 is 1.10 bits per heavy atom. The third-order valence-electron chi connectivity index (χ3n) is 2.81. The van der Waals surface area contributed by atoms with E-state index in [0.29, 0.717) is 5.57 Å². The van der Waals surface area contributed by atoms with Crippen LogP contribution in [0.4, 0.5) is 13.2 Å². The van der Waals surface area contributed by atoms with Crippen molar-refractivity contribution in [2.45, 2.75) is 6.18 Å². The van der Waals surface area contributed by atoms with Crippen LogP contribution in [0.2, 0.25) is 0 Å². The SMILES string of the molecule is C=C(COc1cccc(C(F)(F)F)c1)c1cccc(Br)c1. The third-order valence-corrected chi connectivity index (χ3v) is 3.30. The molecule has 0 saturated heterocycles. The summed E-state index contributed by atoms with van der Waals surface area (Å²) in [4.78, 5) is 0. The molecule has 0 radical (unpaired) electrons. The second kappa shape index (κ2) is 6.35. The summed E-state index contributed by atoms with van der Waals surface area (Å²) in [5.41, 5.74) is 0.832. The first-order valence-corrected chi connectivity index (χ1v) is 6.89. The van der Waals surface area contributed by atoms with Gasteiger partial charge < -0.3 is 4.74 Å². The van der Waals surface area contributed by atoms with Crippen LogP contribution in [-0.4, -0.2) is 6.61 Å². The quantitative estimate of drug-likeness (QED) is 0.696. The number of rotatable bonds is 4. The van der Waals surface area contributed by atoms with Crippen molar-refractivity contribution in [2.75, 3.05) is 6.61 Å². The largest absolute Gasteiger partial charge is 0.489 e. The van der Waals surface area contributed by atoms with Gasteiger partial charge in [-0.25, -0.2) is 0 Å². The zero-order valence-corrected chi connectivity index (χ0v) is 12.5. The predicted molar refractivity (Wildman–Crippen MR) is 80.1 cm³/mol. The molecular formula is C16H12BrF3O. The molecule has 0 atom stereocenters. The van der Waals surface area contributed by atoms with E-state index < -0.39 is 11.7 Å². The molecule has 0 amide bonds. The standard InChI is InChI=1S/C16H12BrF3O/c1-11(12-4-2-6-14(17)8-12)10-21-15-7-3-5-13(9-15)16(18,19)20/h2-9H,1,10H2. The Morgan fingerprint density at radius 3 is 2.48 bits per heavy atom. The summed E-state index contributed by atoms with van der Waals surface area (Å²) in [5.74, 6) is 0.168. The van der Waals surface area contributed by atoms with Crippen LogP contribution in [0, 0.1) is 0 Å². The van der Waals surface area contributed by atoms with Crippen molar-refractivity contribution in [3.63, 3.8) is 0 Å². The minimum atomic E-state index is -4.37. The zero-order valence-electron chi connectivity index (χ0n) is 11.0. The van der Waals surface area contributed by atoms with Gasteiger partial charge >= 0.3 is 6.18 Å². The molecule has 0 aliphatic carbocycles. The predicted octanol–water partition coefficient (Wildman–Crippen LogP) is 5.56. The summed E-state index contributed by atoms with van der Waals surface area (Å²) in [7, 11) is 0. The molecule has 21 heavy (non-hydrogen) atoms. The monoisotopic (exact) mass is 356 g/mol. The van der Waals surface area contributed by atoms with Gasteiger partial charge in [-0.05, 0) is 41.5 Å². The van der Waals surface area contributed by atoms with Crippen molar-refractivity contribution in [3.05, 3.63) is 70.7 Å². The molecule has 0 saturated carbocycles. The maximum absolute atomic E-state index is 12.6. The summed E-state index contributed by atoms with van der Waals surface area (Å²) < 4.78 is 44.1. The van der Waals surface area contributed by atoms with Crippen LogP contribution in [0.3, 0.4) is 0 Å². The molecule has 0 heterocycles. The van der Waals surface area contributed by atoms with E-state index in [9.17, 15) is 13.2 Å². The van der Waals surface area contributed by atoms with Gasteiger partial charge in [0.15, 0.2) is 0 Å². The van der Waals surface area contributed by atoms with Crippen LogP contribution in [0.15, 0.2) is 59.6 Å². The fraction of sp³-hybridized carbons (Fsp3) is 0.125. The maximum Gasteiger partial charge on any atom is 0.416 e. The first-order valence-electron chi connectivity index (χ1n) is 6.10. The molecule has 0 N–H and O–H groups in total. The van der Waals surface area contributed by atoms with E-state index in [-0.39, 0.29) is 12.4 Å². The smallest absolute Gasteiger partial charge is 0.416 e. The highest BCUT2D eigenvalue weighted by molar-refractivity contribution is 9.10. The van der Waals surface area contributed by atoms with Crippen LogP contribution in [0.25, 0.3) is 5.57 Å². The lowest BCUT2D eigenvalue weighted by atomic mass is 10.1. The van der Waals surface area contributed by atoms with Crippen LogP contribution in [0.5, 0.6) is 5.75 Å². The van der Waals surface area contributed by atoms with E-state index in [1.54, 1.807) is 0 Å². The van der Waals surface area contributed by atoms with Gasteiger partial charge in [0.1, 0.15) is 12.4 Å². The first-order chi connectivity index (χ1) is 9.86. The lowest BCUT2D eigenvalue weighted by molar-refractivity contribution is -0.137. The van der Waals surface area contributed by atoms with Crippen LogP contribution >= 0.6 is 15.9 Å². The molecule has 0 unspecified atom stereocenters. The molecule has 0 bridgehead atoms. The number of benzene rings is 2. The molecule has 0 aromatic heterocycles. The zero-order chi connectivity index (χ0) is 15.5. The molecule has 0 spiro atoms. The fourth-order valence-corrected chi connectivity index (χ4v) is 2.12. The molecule has 2 aromatic rings. The van der Waals surface area contributed by atoms with Gasteiger partial charge in [-0.3, -0.25) is 0 Å². The van der Waals surface area contributed by atoms with E-state index in [1.165, 1.54) is 12.1 Å². The van der Waals surface area contributed by atoms with Crippen LogP contribution in [0.1, 0.15) is 11.1 Å². The van der Waals surface area contributed by atoms with Gasteiger partial charge in [0.25, 0.3) is 0 Å². The van der Waals surface area contributed by atoms with E-state index >= 15 is 0 Å². The van der Waals surface area contributed by atoms with Gasteiger partial charge in [-0.2, -0.15) is 13.2 Å². The minimum Gasteiger partial charge on any atom is -0.489 e.